The Morgan fingerprint density at radius 2 is 1.40 bits per heavy atom. The molecule has 0 atom stereocenters. The van der Waals surface area contributed by atoms with Gasteiger partial charge in [0.15, 0.2) is 0 Å². The second-order valence-corrected chi connectivity index (χ2v) is 4.38. The Kier molecular flexibility index (Phi) is 10.2. The summed E-state index contributed by atoms with van der Waals surface area (Å²) in [5.41, 5.74) is 0. The van der Waals surface area contributed by atoms with Gasteiger partial charge >= 0.3 is 0 Å². The average Bonchev–Trinajstić information content (AvgIpc) is 0.811. The van der Waals surface area contributed by atoms with Crippen LogP contribution in [0.25, 0.3) is 0 Å². The molecule has 0 nitrogen and oxygen atoms in total. The van der Waals surface area contributed by atoms with Crippen molar-refractivity contribution in [2.24, 2.45) is 0 Å². The van der Waals surface area contributed by atoms with Crippen LogP contribution >= 0.6 is 18.5 Å². The first-order chi connectivity index (χ1) is 1.73. The summed E-state index contributed by atoms with van der Waals surface area (Å²) in [6.45, 7) is 3.99. The fourth-order valence-electron chi connectivity index (χ4n) is 0. The summed E-state index contributed by atoms with van der Waals surface area (Å²) >= 11 is 5.34. The third-order valence-corrected chi connectivity index (χ3v) is 0. The Labute approximate surface area is 50.7 Å². The smallest absolute Gasteiger partial charge is 0 e. The Morgan fingerprint density at radius 1 is 1.40 bits per heavy atom. The van der Waals surface area contributed by atoms with Crippen LogP contribution in [0.15, 0.2) is 0 Å². The summed E-state index contributed by atoms with van der Waals surface area (Å²) in [6.07, 6.45) is 0. The molecule has 0 aliphatic rings. The van der Waals surface area contributed by atoms with E-state index in [9.17, 15) is 0 Å². The quantitative estimate of drug-likeness (QED) is 0.459. The van der Waals surface area contributed by atoms with Crippen LogP contribution in [0.4, 0.5) is 0 Å². The Morgan fingerprint density at radius 3 is 1.40 bits per heavy atom. The fourth-order valence-corrected chi connectivity index (χ4v) is 0. The SMILES string of the molecule is CP(C)Cl.[V]. The molecule has 0 heterocycles. The molecule has 0 amide bonds. The van der Waals surface area contributed by atoms with E-state index in [4.69, 9.17) is 11.2 Å². The standard InChI is InChI=1S/C2H6ClP.V/c1-4(2)3;/h1-2H3;. The largest absolute Gasteiger partial charge is 0.0970 e. The molecule has 0 unspecified atom stereocenters. The molecular weight excluding hydrogens is 141 g/mol. The summed E-state index contributed by atoms with van der Waals surface area (Å²) in [5, 5.41) is 0. The summed E-state index contributed by atoms with van der Waals surface area (Å²) in [6, 6.07) is 0. The van der Waals surface area contributed by atoms with Crippen molar-refractivity contribution in [2.75, 3.05) is 13.3 Å². The van der Waals surface area contributed by atoms with Crippen molar-refractivity contribution in [3.63, 3.8) is 0 Å². The minimum absolute atomic E-state index is 0. The Bertz CT molecular complexity index is 14.4. The van der Waals surface area contributed by atoms with Gasteiger partial charge in [0.1, 0.15) is 0 Å². The first-order valence-corrected chi connectivity index (χ1v) is 4.20. The van der Waals surface area contributed by atoms with Crippen molar-refractivity contribution in [1.29, 1.82) is 0 Å². The molecule has 0 aromatic rings. The first kappa shape index (κ1) is 9.57. The van der Waals surface area contributed by atoms with Crippen LogP contribution in [-0.2, 0) is 18.6 Å². The molecule has 3 heteroatoms. The van der Waals surface area contributed by atoms with Crippen molar-refractivity contribution >= 4 is 18.5 Å². The third kappa shape index (κ3) is 34.0. The molecule has 0 aliphatic carbocycles. The predicted octanol–water partition coefficient (Wildman–Crippen LogP) is 1.88. The zero-order valence-electron chi connectivity index (χ0n) is 3.27. The van der Waals surface area contributed by atoms with Crippen LogP contribution < -0.4 is 0 Å². The second kappa shape index (κ2) is 5.30. The summed E-state index contributed by atoms with van der Waals surface area (Å²) in [5.74, 6) is 0. The van der Waals surface area contributed by atoms with E-state index in [-0.39, 0.29) is 25.8 Å². The summed E-state index contributed by atoms with van der Waals surface area (Å²) < 4.78 is 0. The predicted molar refractivity (Wildman–Crippen MR) is 24.6 cm³/mol. The normalized spacial score (nSPS) is 7.20. The zero-order valence-corrected chi connectivity index (χ0v) is 6.32. The van der Waals surface area contributed by atoms with E-state index in [1.54, 1.807) is 0 Å². The molecular formula is C2H6ClPV. The molecule has 0 aliphatic heterocycles. The molecule has 0 N–H and O–H groups in total. The molecule has 0 fully saturated rings. The number of rotatable bonds is 0. The minimum atomic E-state index is -0.148. The molecule has 0 spiro atoms. The maximum Gasteiger partial charge on any atom is 0 e. The van der Waals surface area contributed by atoms with Crippen molar-refractivity contribution in [2.45, 2.75) is 0 Å². The maximum absolute atomic E-state index is 5.34. The molecule has 31 valence electrons. The molecule has 0 aromatic carbocycles. The van der Waals surface area contributed by atoms with E-state index in [1.165, 1.54) is 0 Å². The van der Waals surface area contributed by atoms with Crippen LogP contribution in [0.1, 0.15) is 0 Å². The monoisotopic (exact) mass is 147 g/mol. The number of halogens is 1. The van der Waals surface area contributed by atoms with Crippen LogP contribution in [0.5, 0.6) is 0 Å². The minimum Gasteiger partial charge on any atom is -0.0970 e. The molecule has 0 saturated carbocycles. The van der Waals surface area contributed by atoms with Crippen molar-refractivity contribution in [3.05, 3.63) is 0 Å². The molecule has 1 radical (unpaired) electrons. The maximum atomic E-state index is 5.34. The van der Waals surface area contributed by atoms with E-state index in [0.717, 1.165) is 0 Å². The molecule has 0 rings (SSSR count). The average molecular weight is 147 g/mol. The Balaban J connectivity index is 0. The van der Waals surface area contributed by atoms with Gasteiger partial charge in [-0.05, 0) is 20.6 Å². The topological polar surface area (TPSA) is 0 Å². The molecule has 5 heavy (non-hydrogen) atoms. The molecule has 0 aromatic heterocycles. The second-order valence-electron chi connectivity index (χ2n) is 0.785. The van der Waals surface area contributed by atoms with Gasteiger partial charge in [-0.15, -0.1) is 0 Å². The number of hydrogen-bond donors (Lipinski definition) is 0. The molecule has 0 saturated heterocycles. The van der Waals surface area contributed by atoms with Crippen molar-refractivity contribution in [3.8, 4) is 0 Å². The van der Waals surface area contributed by atoms with E-state index >= 15 is 0 Å². The van der Waals surface area contributed by atoms with Crippen LogP contribution in [0.2, 0.25) is 0 Å². The van der Waals surface area contributed by atoms with Gasteiger partial charge in [0.2, 0.25) is 0 Å². The first-order valence-electron chi connectivity index (χ1n) is 1.06. The van der Waals surface area contributed by atoms with E-state index in [0.29, 0.717) is 0 Å². The number of hydrogen-bond acceptors (Lipinski definition) is 0. The Hall–Kier alpha value is 1.30. The van der Waals surface area contributed by atoms with Crippen LogP contribution in [-0.4, -0.2) is 13.3 Å². The third-order valence-electron chi connectivity index (χ3n) is 0. The van der Waals surface area contributed by atoms with Gasteiger partial charge in [0.25, 0.3) is 0 Å². The summed E-state index contributed by atoms with van der Waals surface area (Å²) in [7, 11) is -0.148. The van der Waals surface area contributed by atoms with Crippen LogP contribution in [0, 0.1) is 0 Å². The van der Waals surface area contributed by atoms with Gasteiger partial charge in [-0.25, -0.2) is 0 Å². The van der Waals surface area contributed by atoms with Gasteiger partial charge in [-0.2, -0.15) is 0 Å². The molecule has 0 bridgehead atoms. The van der Waals surface area contributed by atoms with Gasteiger partial charge in [-0.1, -0.05) is 11.2 Å². The van der Waals surface area contributed by atoms with Crippen molar-refractivity contribution < 1.29 is 18.6 Å². The fraction of sp³-hybridized carbons (Fsp3) is 1.00. The van der Waals surface area contributed by atoms with Crippen molar-refractivity contribution in [1.82, 2.24) is 0 Å². The van der Waals surface area contributed by atoms with Gasteiger partial charge in [0.05, 0.1) is 0 Å². The van der Waals surface area contributed by atoms with Gasteiger partial charge in [-0.3, -0.25) is 0 Å². The van der Waals surface area contributed by atoms with E-state index in [2.05, 4.69) is 0 Å². The zero-order chi connectivity index (χ0) is 3.58. The van der Waals surface area contributed by atoms with Gasteiger partial charge < -0.3 is 0 Å². The summed E-state index contributed by atoms with van der Waals surface area (Å²) in [4.78, 5) is 0. The van der Waals surface area contributed by atoms with E-state index < -0.39 is 0 Å². The van der Waals surface area contributed by atoms with Crippen LogP contribution in [0.3, 0.4) is 0 Å². The van der Waals surface area contributed by atoms with E-state index in [1.807, 2.05) is 13.3 Å². The van der Waals surface area contributed by atoms with Gasteiger partial charge in [0, 0.05) is 18.6 Å².